The van der Waals surface area contributed by atoms with E-state index in [0.29, 0.717) is 5.82 Å². The largest absolute Gasteiger partial charge is 0.452 e. The molecule has 0 aliphatic carbocycles. The van der Waals surface area contributed by atoms with Crippen LogP contribution in [0.25, 0.3) is 5.69 Å². The van der Waals surface area contributed by atoms with Gasteiger partial charge in [-0.05, 0) is 37.0 Å². The van der Waals surface area contributed by atoms with Gasteiger partial charge < -0.3 is 9.64 Å². The fourth-order valence-electron chi connectivity index (χ4n) is 4.03. The van der Waals surface area contributed by atoms with Crippen molar-refractivity contribution in [2.75, 3.05) is 31.6 Å². The topological polar surface area (TPSA) is 50.6 Å². The highest BCUT2D eigenvalue weighted by molar-refractivity contribution is 5.87. The van der Waals surface area contributed by atoms with Crippen molar-refractivity contribution in [1.29, 1.82) is 0 Å². The van der Waals surface area contributed by atoms with Crippen molar-refractivity contribution in [3.8, 4) is 5.69 Å². The summed E-state index contributed by atoms with van der Waals surface area (Å²) in [5.41, 5.74) is 2.33. The van der Waals surface area contributed by atoms with Crippen molar-refractivity contribution in [1.82, 2.24) is 14.7 Å². The average molecular weight is 405 g/mol. The number of ether oxygens (including phenoxy) is 1. The molecule has 1 fully saturated rings. The zero-order valence-corrected chi connectivity index (χ0v) is 17.4. The molecule has 156 valence electrons. The molecule has 6 heteroatoms. The van der Waals surface area contributed by atoms with Crippen LogP contribution in [0.1, 0.15) is 18.4 Å². The lowest BCUT2D eigenvalue weighted by molar-refractivity contribution is 0.164. The summed E-state index contributed by atoms with van der Waals surface area (Å²) in [4.78, 5) is 16.8. The van der Waals surface area contributed by atoms with Gasteiger partial charge in [-0.1, -0.05) is 48.5 Å². The maximum Gasteiger partial charge on any atom is 0.415 e. The normalized spacial score (nSPS) is 15.1. The second-order valence-electron chi connectivity index (χ2n) is 7.60. The third kappa shape index (κ3) is 4.71. The van der Waals surface area contributed by atoms with Gasteiger partial charge in [-0.2, -0.15) is 0 Å². The van der Waals surface area contributed by atoms with Crippen LogP contribution in [-0.2, 0) is 11.2 Å². The average Bonchev–Trinajstić information content (AvgIpc) is 3.29. The monoisotopic (exact) mass is 404 g/mol. The fraction of sp³-hybridized carbons (Fsp3) is 0.333. The molecule has 2 aromatic carbocycles. The number of likely N-dealkylation sites (tertiary alicyclic amines) is 1. The summed E-state index contributed by atoms with van der Waals surface area (Å²) in [7, 11) is 1.43. The molecule has 1 amide bonds. The number of para-hydroxylation sites is 1. The van der Waals surface area contributed by atoms with Crippen molar-refractivity contribution in [3.63, 3.8) is 0 Å². The number of aromatic nitrogens is 2. The number of rotatable bonds is 6. The minimum absolute atomic E-state index is 0.0875. The quantitative estimate of drug-likeness (QED) is 0.619. The Kier molecular flexibility index (Phi) is 6.44. The molecule has 1 aliphatic heterocycles. The number of carbonyl (C=O) groups excluding carboxylic acids is 1. The van der Waals surface area contributed by atoms with Gasteiger partial charge in [0.2, 0.25) is 0 Å². The first kappa shape index (κ1) is 20.2. The molecule has 0 unspecified atom stereocenters. The molecule has 3 aromatic rings. The van der Waals surface area contributed by atoms with Gasteiger partial charge in [0.1, 0.15) is 0 Å². The molecule has 1 aliphatic rings. The maximum atomic E-state index is 12.6. The molecule has 2 heterocycles. The second kappa shape index (κ2) is 9.59. The Labute approximate surface area is 177 Å². The summed E-state index contributed by atoms with van der Waals surface area (Å²) in [6, 6.07) is 22.4. The van der Waals surface area contributed by atoms with Gasteiger partial charge in [0.15, 0.2) is 5.82 Å². The first-order valence-corrected chi connectivity index (χ1v) is 10.5. The van der Waals surface area contributed by atoms with Crippen LogP contribution in [0.3, 0.4) is 0 Å². The molecule has 30 heavy (non-hydrogen) atoms. The summed E-state index contributed by atoms with van der Waals surface area (Å²) >= 11 is 0. The Balaban J connectivity index is 1.40. The molecule has 6 nitrogen and oxygen atoms in total. The lowest BCUT2D eigenvalue weighted by Crippen LogP contribution is -2.48. The third-order valence-electron chi connectivity index (χ3n) is 5.70. The lowest BCUT2D eigenvalue weighted by atomic mass is 10.0. The summed E-state index contributed by atoms with van der Waals surface area (Å²) in [5.74, 6) is 0.633. The highest BCUT2D eigenvalue weighted by Crippen LogP contribution is 2.24. The van der Waals surface area contributed by atoms with Crippen molar-refractivity contribution >= 4 is 11.9 Å². The predicted octanol–water partition coefficient (Wildman–Crippen LogP) is 4.15. The Morgan fingerprint density at radius 1 is 1.03 bits per heavy atom. The Morgan fingerprint density at radius 2 is 1.70 bits per heavy atom. The summed E-state index contributed by atoms with van der Waals surface area (Å²) in [6.07, 6.45) is 4.39. The van der Waals surface area contributed by atoms with Crippen LogP contribution in [0, 0.1) is 0 Å². The van der Waals surface area contributed by atoms with Crippen LogP contribution < -0.4 is 4.90 Å². The molecule has 0 bridgehead atoms. The van der Waals surface area contributed by atoms with Gasteiger partial charge in [0.25, 0.3) is 0 Å². The van der Waals surface area contributed by atoms with E-state index in [9.17, 15) is 4.79 Å². The summed E-state index contributed by atoms with van der Waals surface area (Å²) in [6.45, 7) is 2.96. The highest BCUT2D eigenvalue weighted by Gasteiger charge is 2.31. The van der Waals surface area contributed by atoms with Crippen molar-refractivity contribution in [2.45, 2.75) is 25.3 Å². The molecular weight excluding hydrogens is 376 g/mol. The molecule has 0 spiro atoms. The van der Waals surface area contributed by atoms with Crippen LogP contribution in [0.5, 0.6) is 0 Å². The molecule has 0 N–H and O–H groups in total. The van der Waals surface area contributed by atoms with Gasteiger partial charge >= 0.3 is 6.09 Å². The summed E-state index contributed by atoms with van der Waals surface area (Å²) in [5, 5.41) is 4.65. The zero-order valence-electron chi connectivity index (χ0n) is 17.4. The standard InChI is InChI=1S/C24H28N4O2/c1-30-24(29)28(23-15-19-27(25-23)21-10-6-3-7-11-21)22-13-17-26(18-14-22)16-12-20-8-4-2-5-9-20/h2-11,15,19,22H,12-14,16-18H2,1H3. The van der Waals surface area contributed by atoms with Crippen LogP contribution in [0.2, 0.25) is 0 Å². The number of piperidine rings is 1. The highest BCUT2D eigenvalue weighted by atomic mass is 16.5. The first-order chi connectivity index (χ1) is 14.7. The van der Waals surface area contributed by atoms with Crippen molar-refractivity contribution in [3.05, 3.63) is 78.5 Å². The summed E-state index contributed by atoms with van der Waals surface area (Å²) < 4.78 is 6.88. The van der Waals surface area contributed by atoms with E-state index in [0.717, 1.165) is 44.6 Å². The number of nitrogens with zero attached hydrogens (tertiary/aromatic N) is 4. The number of methoxy groups -OCH3 is 1. The van der Waals surface area contributed by atoms with E-state index in [1.807, 2.05) is 42.6 Å². The zero-order chi connectivity index (χ0) is 20.8. The van der Waals surface area contributed by atoms with Crippen LogP contribution in [0.4, 0.5) is 10.6 Å². The van der Waals surface area contributed by atoms with E-state index in [1.54, 1.807) is 9.58 Å². The molecular formula is C24H28N4O2. The Morgan fingerprint density at radius 3 is 2.37 bits per heavy atom. The first-order valence-electron chi connectivity index (χ1n) is 10.5. The van der Waals surface area contributed by atoms with Crippen LogP contribution >= 0.6 is 0 Å². The molecule has 0 saturated carbocycles. The number of hydrogen-bond acceptors (Lipinski definition) is 4. The van der Waals surface area contributed by atoms with Gasteiger partial charge in [0.05, 0.1) is 12.8 Å². The molecule has 1 aromatic heterocycles. The Hall–Kier alpha value is -3.12. The van der Waals surface area contributed by atoms with E-state index < -0.39 is 0 Å². The fourth-order valence-corrected chi connectivity index (χ4v) is 4.03. The Bertz CT molecular complexity index is 934. The molecule has 4 rings (SSSR count). The van der Waals surface area contributed by atoms with Gasteiger partial charge in [-0.15, -0.1) is 5.10 Å². The minimum Gasteiger partial charge on any atom is -0.452 e. The predicted molar refractivity (Wildman–Crippen MR) is 118 cm³/mol. The third-order valence-corrected chi connectivity index (χ3v) is 5.70. The maximum absolute atomic E-state index is 12.6. The number of hydrogen-bond donors (Lipinski definition) is 0. The van der Waals surface area contributed by atoms with Crippen molar-refractivity contribution in [2.24, 2.45) is 0 Å². The van der Waals surface area contributed by atoms with Gasteiger partial charge in [0, 0.05) is 37.9 Å². The van der Waals surface area contributed by atoms with E-state index in [1.165, 1.54) is 12.7 Å². The second-order valence-corrected chi connectivity index (χ2v) is 7.60. The van der Waals surface area contributed by atoms with E-state index in [2.05, 4.69) is 40.3 Å². The number of anilines is 1. The SMILES string of the molecule is COC(=O)N(c1ccn(-c2ccccc2)n1)C1CCN(CCc2ccccc2)CC1. The van der Waals surface area contributed by atoms with Crippen molar-refractivity contribution < 1.29 is 9.53 Å². The van der Waals surface area contributed by atoms with Gasteiger partial charge in [-0.25, -0.2) is 9.48 Å². The smallest absolute Gasteiger partial charge is 0.415 e. The van der Waals surface area contributed by atoms with E-state index in [4.69, 9.17) is 4.74 Å². The number of benzene rings is 2. The van der Waals surface area contributed by atoms with E-state index in [-0.39, 0.29) is 12.1 Å². The van der Waals surface area contributed by atoms with E-state index >= 15 is 0 Å². The lowest BCUT2D eigenvalue weighted by Gasteiger charge is -2.36. The molecule has 0 atom stereocenters. The molecule has 0 radical (unpaired) electrons. The molecule has 1 saturated heterocycles. The van der Waals surface area contributed by atoms with Crippen LogP contribution in [-0.4, -0.2) is 53.6 Å². The minimum atomic E-state index is -0.351. The van der Waals surface area contributed by atoms with Gasteiger partial charge in [-0.3, -0.25) is 4.90 Å². The van der Waals surface area contributed by atoms with Crippen LogP contribution in [0.15, 0.2) is 72.9 Å². The number of carbonyl (C=O) groups is 1. The number of amides is 1.